The third-order valence-corrected chi connectivity index (χ3v) is 2.27. The summed E-state index contributed by atoms with van der Waals surface area (Å²) in [6.45, 7) is -0.250. The Balaban J connectivity index is 2.71. The molecule has 0 bridgehead atoms. The van der Waals surface area contributed by atoms with Crippen LogP contribution >= 0.6 is 0 Å². The van der Waals surface area contributed by atoms with Gasteiger partial charge in [-0.15, -0.1) is 0 Å². The zero-order valence-corrected chi connectivity index (χ0v) is 9.58. The van der Waals surface area contributed by atoms with Gasteiger partial charge in [0, 0.05) is 7.11 Å². The largest absolute Gasteiger partial charge is 0.504 e. The van der Waals surface area contributed by atoms with Crippen LogP contribution in [0.1, 0.15) is 10.4 Å². The molecule has 1 atom stereocenters. The van der Waals surface area contributed by atoms with Crippen molar-refractivity contribution in [3.05, 3.63) is 23.8 Å². The first-order chi connectivity index (χ1) is 8.47. The van der Waals surface area contributed by atoms with Crippen LogP contribution in [-0.4, -0.2) is 47.0 Å². The number of carboxylic acids is 1. The molecule has 0 spiro atoms. The summed E-state index contributed by atoms with van der Waals surface area (Å²) < 4.78 is 4.63. The minimum absolute atomic E-state index is 0.143. The molecule has 1 unspecified atom stereocenters. The lowest BCUT2D eigenvalue weighted by atomic mass is 10.1. The van der Waals surface area contributed by atoms with Gasteiger partial charge in [0.25, 0.3) is 5.91 Å². The van der Waals surface area contributed by atoms with E-state index in [-0.39, 0.29) is 12.1 Å². The number of rotatable bonds is 5. The maximum absolute atomic E-state index is 11.6. The molecule has 0 saturated carbocycles. The van der Waals surface area contributed by atoms with Crippen molar-refractivity contribution in [2.45, 2.75) is 6.10 Å². The number of ether oxygens (including phenoxy) is 1. The van der Waals surface area contributed by atoms with Gasteiger partial charge in [0.15, 0.2) is 17.6 Å². The van der Waals surface area contributed by atoms with E-state index in [2.05, 4.69) is 10.1 Å². The number of aromatic hydroxyl groups is 2. The molecule has 0 radical (unpaired) electrons. The molecule has 0 saturated heterocycles. The number of carbonyl (C=O) groups is 2. The van der Waals surface area contributed by atoms with E-state index in [9.17, 15) is 19.8 Å². The molecule has 0 aliphatic heterocycles. The molecular weight excluding hydrogens is 242 g/mol. The van der Waals surface area contributed by atoms with Gasteiger partial charge in [-0.1, -0.05) is 6.07 Å². The highest BCUT2D eigenvalue weighted by molar-refractivity contribution is 5.97. The van der Waals surface area contributed by atoms with Gasteiger partial charge in [-0.05, 0) is 12.1 Å². The molecule has 0 heterocycles. The molecule has 4 N–H and O–H groups in total. The lowest BCUT2D eigenvalue weighted by Crippen LogP contribution is -2.37. The Labute approximate surface area is 103 Å². The summed E-state index contributed by atoms with van der Waals surface area (Å²) in [5.41, 5.74) is -0.143. The summed E-state index contributed by atoms with van der Waals surface area (Å²) in [7, 11) is 1.21. The molecule has 7 nitrogen and oxygen atoms in total. The smallest absolute Gasteiger partial charge is 0.334 e. The van der Waals surface area contributed by atoms with E-state index in [1.54, 1.807) is 0 Å². The highest BCUT2D eigenvalue weighted by Gasteiger charge is 2.19. The predicted molar refractivity (Wildman–Crippen MR) is 60.5 cm³/mol. The molecule has 18 heavy (non-hydrogen) atoms. The normalized spacial score (nSPS) is 11.8. The number of carboxylic acid groups (broad SMARTS) is 1. The first-order valence-corrected chi connectivity index (χ1v) is 5.02. The average Bonchev–Trinajstić information content (AvgIpc) is 2.32. The monoisotopic (exact) mass is 255 g/mol. The van der Waals surface area contributed by atoms with Gasteiger partial charge >= 0.3 is 5.97 Å². The number of para-hydroxylation sites is 1. The summed E-state index contributed by atoms with van der Waals surface area (Å²) >= 11 is 0. The Bertz CT molecular complexity index is 459. The van der Waals surface area contributed by atoms with Crippen LogP contribution in [-0.2, 0) is 9.53 Å². The van der Waals surface area contributed by atoms with Crippen molar-refractivity contribution in [1.29, 1.82) is 0 Å². The van der Waals surface area contributed by atoms with Crippen LogP contribution < -0.4 is 5.32 Å². The van der Waals surface area contributed by atoms with Crippen LogP contribution in [0.25, 0.3) is 0 Å². The van der Waals surface area contributed by atoms with Gasteiger partial charge in [0.05, 0.1) is 12.1 Å². The molecule has 1 rings (SSSR count). The summed E-state index contributed by atoms with van der Waals surface area (Å²) in [6, 6.07) is 3.91. The quantitative estimate of drug-likeness (QED) is 0.547. The second-order valence-electron chi connectivity index (χ2n) is 3.45. The highest BCUT2D eigenvalue weighted by Crippen LogP contribution is 2.27. The van der Waals surface area contributed by atoms with Crippen molar-refractivity contribution in [2.24, 2.45) is 0 Å². The average molecular weight is 255 g/mol. The van der Waals surface area contributed by atoms with Crippen LogP contribution in [0.4, 0.5) is 0 Å². The minimum atomic E-state index is -1.21. The maximum atomic E-state index is 11.6. The van der Waals surface area contributed by atoms with E-state index in [0.29, 0.717) is 0 Å². The number of hydrogen-bond donors (Lipinski definition) is 4. The summed E-state index contributed by atoms with van der Waals surface area (Å²) in [4.78, 5) is 22.3. The second kappa shape index (κ2) is 5.87. The molecule has 0 aromatic heterocycles. The zero-order valence-electron chi connectivity index (χ0n) is 9.58. The minimum Gasteiger partial charge on any atom is -0.504 e. The number of carbonyl (C=O) groups excluding carboxylic acids is 1. The number of benzene rings is 1. The molecular formula is C11H13NO6. The van der Waals surface area contributed by atoms with Gasteiger partial charge in [-0.2, -0.15) is 0 Å². The summed E-state index contributed by atoms with van der Waals surface area (Å²) in [5.74, 6) is -2.90. The Morgan fingerprint density at radius 2 is 2.06 bits per heavy atom. The Morgan fingerprint density at radius 1 is 1.39 bits per heavy atom. The molecule has 1 aromatic carbocycles. The van der Waals surface area contributed by atoms with Crippen LogP contribution in [0, 0.1) is 0 Å². The predicted octanol–water partition coefficient (Wildman–Crippen LogP) is -0.0728. The number of methoxy groups -OCH3 is 1. The fraction of sp³-hybridized carbons (Fsp3) is 0.273. The van der Waals surface area contributed by atoms with Crippen LogP contribution in [0.3, 0.4) is 0 Å². The summed E-state index contributed by atoms with van der Waals surface area (Å²) in [6.07, 6.45) is -1.17. The SMILES string of the molecule is COC(CNC(=O)c1cccc(O)c1O)C(=O)O. The molecule has 7 heteroatoms. The lowest BCUT2D eigenvalue weighted by molar-refractivity contribution is -0.148. The van der Waals surface area contributed by atoms with Crippen molar-refractivity contribution in [3.63, 3.8) is 0 Å². The third-order valence-electron chi connectivity index (χ3n) is 2.27. The number of phenolic OH excluding ortho intramolecular Hbond substituents is 2. The number of nitrogens with one attached hydrogen (secondary N) is 1. The number of amides is 1. The molecule has 1 amide bonds. The number of hydrogen-bond acceptors (Lipinski definition) is 5. The van der Waals surface area contributed by atoms with Gasteiger partial charge in [0.1, 0.15) is 0 Å². The molecule has 1 aromatic rings. The molecule has 0 aliphatic carbocycles. The van der Waals surface area contributed by atoms with Gasteiger partial charge < -0.3 is 25.4 Å². The van der Waals surface area contributed by atoms with E-state index < -0.39 is 29.5 Å². The highest BCUT2D eigenvalue weighted by atomic mass is 16.5. The first kappa shape index (κ1) is 13.8. The lowest BCUT2D eigenvalue weighted by Gasteiger charge is -2.12. The van der Waals surface area contributed by atoms with Crippen LogP contribution in [0.15, 0.2) is 18.2 Å². The Kier molecular flexibility index (Phi) is 4.50. The van der Waals surface area contributed by atoms with Crippen molar-refractivity contribution >= 4 is 11.9 Å². The van der Waals surface area contributed by atoms with Crippen molar-refractivity contribution in [3.8, 4) is 11.5 Å². The fourth-order valence-corrected chi connectivity index (χ4v) is 1.27. The van der Waals surface area contributed by atoms with E-state index in [1.165, 1.54) is 25.3 Å². The van der Waals surface area contributed by atoms with E-state index >= 15 is 0 Å². The number of aliphatic carboxylic acids is 1. The van der Waals surface area contributed by atoms with Gasteiger partial charge in [0.2, 0.25) is 0 Å². The molecule has 0 aliphatic rings. The van der Waals surface area contributed by atoms with Gasteiger partial charge in [-0.3, -0.25) is 4.79 Å². The standard InChI is InChI=1S/C11H13NO6/c1-18-8(11(16)17)5-12-10(15)6-3-2-4-7(13)9(6)14/h2-4,8,13-14H,5H2,1H3,(H,12,15)(H,16,17). The van der Waals surface area contributed by atoms with Crippen LogP contribution in [0.2, 0.25) is 0 Å². The van der Waals surface area contributed by atoms with Crippen molar-refractivity contribution < 1.29 is 29.6 Å². The molecule has 0 fully saturated rings. The maximum Gasteiger partial charge on any atom is 0.334 e. The Hall–Kier alpha value is -2.28. The van der Waals surface area contributed by atoms with E-state index in [4.69, 9.17) is 5.11 Å². The topological polar surface area (TPSA) is 116 Å². The summed E-state index contributed by atoms with van der Waals surface area (Å²) in [5, 5.41) is 29.6. The van der Waals surface area contributed by atoms with Crippen molar-refractivity contribution in [1.82, 2.24) is 5.32 Å². The first-order valence-electron chi connectivity index (χ1n) is 5.02. The van der Waals surface area contributed by atoms with E-state index in [0.717, 1.165) is 0 Å². The molecule has 98 valence electrons. The Morgan fingerprint density at radius 3 is 2.61 bits per heavy atom. The van der Waals surface area contributed by atoms with Crippen LogP contribution in [0.5, 0.6) is 11.5 Å². The fourth-order valence-electron chi connectivity index (χ4n) is 1.27. The third kappa shape index (κ3) is 3.11. The van der Waals surface area contributed by atoms with Gasteiger partial charge in [-0.25, -0.2) is 4.79 Å². The van der Waals surface area contributed by atoms with Crippen molar-refractivity contribution in [2.75, 3.05) is 13.7 Å². The van der Waals surface area contributed by atoms with E-state index in [1.807, 2.05) is 0 Å². The number of phenols is 2. The second-order valence-corrected chi connectivity index (χ2v) is 3.45. The zero-order chi connectivity index (χ0) is 13.7.